The number of hydrogen-bond acceptors (Lipinski definition) is 4. The van der Waals surface area contributed by atoms with Crippen LogP contribution in [-0.4, -0.2) is 48.4 Å². The summed E-state index contributed by atoms with van der Waals surface area (Å²) in [5, 5.41) is 5.94. The topological polar surface area (TPSA) is 70.7 Å². The Morgan fingerprint density at radius 2 is 1.62 bits per heavy atom. The van der Waals surface area contributed by atoms with Gasteiger partial charge in [-0.05, 0) is 70.0 Å². The molecule has 0 aliphatic rings. The predicted molar refractivity (Wildman–Crippen MR) is 138 cm³/mol. The van der Waals surface area contributed by atoms with Gasteiger partial charge in [-0.3, -0.25) is 14.5 Å². The van der Waals surface area contributed by atoms with Crippen LogP contribution in [0.15, 0.2) is 54.6 Å². The highest BCUT2D eigenvalue weighted by molar-refractivity contribution is 5.88. The van der Waals surface area contributed by atoms with E-state index in [4.69, 9.17) is 4.74 Å². The van der Waals surface area contributed by atoms with Crippen LogP contribution < -0.4 is 15.4 Å². The first-order valence-corrected chi connectivity index (χ1v) is 12.1. The van der Waals surface area contributed by atoms with Gasteiger partial charge in [0.25, 0.3) is 0 Å². The lowest BCUT2D eigenvalue weighted by molar-refractivity contribution is -0.130. The average Bonchev–Trinajstić information content (AvgIpc) is 2.76. The molecule has 0 aromatic heterocycles. The maximum absolute atomic E-state index is 13.0. The van der Waals surface area contributed by atoms with Crippen LogP contribution in [0.3, 0.4) is 0 Å². The van der Waals surface area contributed by atoms with Crippen molar-refractivity contribution in [2.45, 2.75) is 65.6 Å². The summed E-state index contributed by atoms with van der Waals surface area (Å²) in [4.78, 5) is 27.6. The van der Waals surface area contributed by atoms with Crippen molar-refractivity contribution >= 4 is 11.8 Å². The lowest BCUT2D eigenvalue weighted by Gasteiger charge is -2.26. The van der Waals surface area contributed by atoms with Crippen LogP contribution in [0.1, 0.15) is 52.2 Å². The lowest BCUT2D eigenvalue weighted by Crippen LogP contribution is -2.54. The van der Waals surface area contributed by atoms with Crippen molar-refractivity contribution in [1.82, 2.24) is 15.5 Å². The van der Waals surface area contributed by atoms with Crippen LogP contribution in [0.5, 0.6) is 5.75 Å². The Morgan fingerprint density at radius 1 is 0.971 bits per heavy atom. The zero-order valence-electron chi connectivity index (χ0n) is 21.6. The Hall–Kier alpha value is -2.86. The van der Waals surface area contributed by atoms with E-state index in [0.29, 0.717) is 18.9 Å². The number of amides is 2. The lowest BCUT2D eigenvalue weighted by atomic mass is 10.0. The number of hydrogen-bond donors (Lipinski definition) is 2. The van der Waals surface area contributed by atoms with Crippen molar-refractivity contribution in [3.8, 4) is 5.75 Å². The Kier molecular flexibility index (Phi) is 10.6. The largest absolute Gasteiger partial charge is 0.489 e. The minimum absolute atomic E-state index is 0.150. The van der Waals surface area contributed by atoms with E-state index in [1.807, 2.05) is 87.3 Å². The molecular formula is C28H41N3O3. The summed E-state index contributed by atoms with van der Waals surface area (Å²) in [6.45, 7) is 11.7. The highest BCUT2D eigenvalue weighted by Crippen LogP contribution is 2.16. The fourth-order valence-electron chi connectivity index (χ4n) is 3.41. The molecule has 0 saturated heterocycles. The summed E-state index contributed by atoms with van der Waals surface area (Å²) in [5.41, 5.74) is 1.67. The first-order valence-electron chi connectivity index (χ1n) is 12.1. The van der Waals surface area contributed by atoms with Crippen LogP contribution in [-0.2, 0) is 22.6 Å². The molecule has 186 valence electrons. The smallest absolute Gasteiger partial charge is 0.243 e. The van der Waals surface area contributed by atoms with Gasteiger partial charge in [-0.1, -0.05) is 56.3 Å². The molecule has 1 atom stereocenters. The highest BCUT2D eigenvalue weighted by Gasteiger charge is 2.25. The van der Waals surface area contributed by atoms with Crippen molar-refractivity contribution in [3.63, 3.8) is 0 Å². The standard InChI is InChI=1S/C28H41N3O3/c1-21(2)16-17-31(6)19-26(32)29-25(27(33)30-28(3,4)5)18-22-12-14-24(15-13-22)34-20-23-10-8-7-9-11-23/h7-15,21,25H,16-20H2,1-6H3,(H,29,32)(H,30,33)/t25-/m1/s1. The van der Waals surface area contributed by atoms with E-state index >= 15 is 0 Å². The predicted octanol–water partition coefficient (Wildman–Crippen LogP) is 4.19. The van der Waals surface area contributed by atoms with Gasteiger partial charge in [0.05, 0.1) is 6.54 Å². The minimum atomic E-state index is -0.652. The molecule has 0 bridgehead atoms. The monoisotopic (exact) mass is 467 g/mol. The molecule has 2 rings (SSSR count). The van der Waals surface area contributed by atoms with E-state index in [0.717, 1.165) is 29.8 Å². The van der Waals surface area contributed by atoms with Gasteiger partial charge >= 0.3 is 0 Å². The van der Waals surface area contributed by atoms with Gasteiger partial charge in [-0.15, -0.1) is 0 Å². The van der Waals surface area contributed by atoms with Crippen molar-refractivity contribution in [1.29, 1.82) is 0 Å². The van der Waals surface area contributed by atoms with E-state index in [1.54, 1.807) is 0 Å². The first kappa shape index (κ1) is 27.4. The summed E-state index contributed by atoms with van der Waals surface area (Å²) in [5.74, 6) is 1.01. The van der Waals surface area contributed by atoms with Crippen molar-refractivity contribution in [2.75, 3.05) is 20.1 Å². The minimum Gasteiger partial charge on any atom is -0.489 e. The molecule has 34 heavy (non-hydrogen) atoms. The molecule has 2 N–H and O–H groups in total. The van der Waals surface area contributed by atoms with E-state index in [2.05, 4.69) is 24.5 Å². The van der Waals surface area contributed by atoms with Gasteiger partial charge in [0.2, 0.25) is 11.8 Å². The second kappa shape index (κ2) is 13.1. The Labute approximate surface area is 205 Å². The fraction of sp³-hybridized carbons (Fsp3) is 0.500. The Morgan fingerprint density at radius 3 is 2.21 bits per heavy atom. The molecule has 0 aliphatic heterocycles. The Balaban J connectivity index is 2.00. The fourth-order valence-corrected chi connectivity index (χ4v) is 3.41. The van der Waals surface area contributed by atoms with Crippen LogP contribution in [0.2, 0.25) is 0 Å². The molecule has 0 unspecified atom stereocenters. The van der Waals surface area contributed by atoms with Crippen LogP contribution in [0.25, 0.3) is 0 Å². The second-order valence-electron chi connectivity index (χ2n) is 10.4. The van der Waals surface area contributed by atoms with Gasteiger partial charge in [0.15, 0.2) is 0 Å². The number of carbonyl (C=O) groups excluding carboxylic acids is 2. The molecule has 6 heteroatoms. The molecular weight excluding hydrogens is 426 g/mol. The van der Waals surface area contributed by atoms with E-state index in [9.17, 15) is 9.59 Å². The van der Waals surface area contributed by atoms with Crippen LogP contribution in [0.4, 0.5) is 0 Å². The molecule has 2 aromatic rings. The SMILES string of the molecule is CC(C)CCN(C)CC(=O)N[C@H](Cc1ccc(OCc2ccccc2)cc1)C(=O)NC(C)(C)C. The van der Waals surface area contributed by atoms with Gasteiger partial charge in [-0.2, -0.15) is 0 Å². The number of rotatable bonds is 12. The summed E-state index contributed by atoms with van der Waals surface area (Å²) in [7, 11) is 1.93. The van der Waals surface area contributed by atoms with Crippen molar-refractivity contribution < 1.29 is 14.3 Å². The number of benzene rings is 2. The third kappa shape index (κ3) is 10.8. The quantitative estimate of drug-likeness (QED) is 0.491. The number of nitrogens with one attached hydrogen (secondary N) is 2. The van der Waals surface area contributed by atoms with Crippen LogP contribution in [0, 0.1) is 5.92 Å². The summed E-state index contributed by atoms with van der Waals surface area (Å²) in [6, 6.07) is 17.0. The summed E-state index contributed by atoms with van der Waals surface area (Å²) >= 11 is 0. The maximum atomic E-state index is 13.0. The average molecular weight is 468 g/mol. The molecule has 6 nitrogen and oxygen atoms in total. The first-order chi connectivity index (χ1) is 16.0. The van der Waals surface area contributed by atoms with E-state index < -0.39 is 6.04 Å². The molecule has 2 amide bonds. The second-order valence-corrected chi connectivity index (χ2v) is 10.4. The molecule has 0 heterocycles. The number of carbonyl (C=O) groups is 2. The number of nitrogens with zero attached hydrogens (tertiary/aromatic N) is 1. The zero-order chi connectivity index (χ0) is 25.1. The van der Waals surface area contributed by atoms with Crippen molar-refractivity contribution in [3.05, 3.63) is 65.7 Å². The molecule has 0 aliphatic carbocycles. The van der Waals surface area contributed by atoms with Gasteiger partial charge in [0, 0.05) is 12.0 Å². The third-order valence-corrected chi connectivity index (χ3v) is 5.26. The molecule has 0 fully saturated rings. The van der Waals surface area contributed by atoms with Gasteiger partial charge < -0.3 is 15.4 Å². The number of likely N-dealkylation sites (N-methyl/N-ethyl adjacent to an activating group) is 1. The molecule has 0 saturated carbocycles. The summed E-state index contributed by atoms with van der Waals surface area (Å²) < 4.78 is 5.86. The van der Waals surface area contributed by atoms with Gasteiger partial charge in [-0.25, -0.2) is 0 Å². The Bertz CT molecular complexity index is 889. The molecule has 0 spiro atoms. The zero-order valence-corrected chi connectivity index (χ0v) is 21.6. The van der Waals surface area contributed by atoms with Crippen LogP contribution >= 0.6 is 0 Å². The molecule has 2 aromatic carbocycles. The maximum Gasteiger partial charge on any atom is 0.243 e. The number of ether oxygens (including phenoxy) is 1. The summed E-state index contributed by atoms with van der Waals surface area (Å²) in [6.07, 6.45) is 1.43. The normalized spacial score (nSPS) is 12.5. The third-order valence-electron chi connectivity index (χ3n) is 5.26. The van der Waals surface area contributed by atoms with Crippen molar-refractivity contribution in [2.24, 2.45) is 5.92 Å². The highest BCUT2D eigenvalue weighted by atomic mass is 16.5. The molecule has 0 radical (unpaired) electrons. The van der Waals surface area contributed by atoms with E-state index in [-0.39, 0.29) is 23.9 Å². The van der Waals surface area contributed by atoms with Gasteiger partial charge in [0.1, 0.15) is 18.4 Å². The van der Waals surface area contributed by atoms with E-state index in [1.165, 1.54) is 0 Å².